The van der Waals surface area contributed by atoms with E-state index in [1.54, 1.807) is 0 Å². The van der Waals surface area contributed by atoms with Gasteiger partial charge >= 0.3 is 0 Å². The van der Waals surface area contributed by atoms with Crippen LogP contribution in [-0.4, -0.2) is 10.7 Å². The van der Waals surface area contributed by atoms with Crippen molar-refractivity contribution in [2.24, 2.45) is 5.10 Å². The molecule has 0 aliphatic carbocycles. The highest BCUT2D eigenvalue weighted by Crippen LogP contribution is 2.47. The van der Waals surface area contributed by atoms with Crippen molar-refractivity contribution >= 4 is 5.71 Å². The molecule has 0 radical (unpaired) electrons. The lowest BCUT2D eigenvalue weighted by atomic mass is 9.95. The molecule has 0 unspecified atom stereocenters. The van der Waals surface area contributed by atoms with Crippen molar-refractivity contribution in [1.82, 2.24) is 5.01 Å². The SMILES string of the molecule is c1ccc(-c2ccc(C3=NN4[C@@H](C3)c3ccccc3O[C@H]4c3ccccc3)cc2)cc1. The molecule has 4 aromatic rings. The van der Waals surface area contributed by atoms with Crippen LogP contribution in [0.15, 0.2) is 114 Å². The predicted octanol–water partition coefficient (Wildman–Crippen LogP) is 6.60. The first kappa shape index (κ1) is 18.0. The molecule has 0 fully saturated rings. The Morgan fingerprint density at radius 2 is 1.26 bits per heavy atom. The number of fused-ring (bicyclic) bond motifs is 3. The van der Waals surface area contributed by atoms with Crippen molar-refractivity contribution in [1.29, 1.82) is 0 Å². The first-order valence-electron chi connectivity index (χ1n) is 10.7. The lowest BCUT2D eigenvalue weighted by Gasteiger charge is -2.38. The Labute approximate surface area is 182 Å². The van der Waals surface area contributed by atoms with E-state index in [4.69, 9.17) is 9.84 Å². The summed E-state index contributed by atoms with van der Waals surface area (Å²) in [7, 11) is 0. The Hall–Kier alpha value is -3.85. The Morgan fingerprint density at radius 3 is 2.03 bits per heavy atom. The minimum Gasteiger partial charge on any atom is -0.464 e. The standard InChI is InChI=1S/C28H22N2O/c1-3-9-20(10-4-1)21-15-17-22(18-16-21)25-19-26-24-13-7-8-14-27(24)31-28(30(26)29-25)23-11-5-2-6-12-23/h1-18,26,28H,19H2/t26-,28-/m0/s1. The second-order valence-corrected chi connectivity index (χ2v) is 8.01. The summed E-state index contributed by atoms with van der Waals surface area (Å²) in [4.78, 5) is 0. The van der Waals surface area contributed by atoms with E-state index in [0.717, 1.165) is 23.4 Å². The summed E-state index contributed by atoms with van der Waals surface area (Å²) in [5, 5.41) is 7.20. The second kappa shape index (κ2) is 7.44. The van der Waals surface area contributed by atoms with E-state index in [1.165, 1.54) is 22.3 Å². The average Bonchev–Trinajstić information content (AvgIpc) is 3.31. The van der Waals surface area contributed by atoms with Crippen molar-refractivity contribution in [3.63, 3.8) is 0 Å². The molecule has 31 heavy (non-hydrogen) atoms. The van der Waals surface area contributed by atoms with Crippen LogP contribution in [0, 0.1) is 0 Å². The normalized spacial score (nSPS) is 19.2. The van der Waals surface area contributed by atoms with Gasteiger partial charge in [-0.15, -0.1) is 0 Å². The van der Waals surface area contributed by atoms with Crippen LogP contribution < -0.4 is 4.74 Å². The fourth-order valence-electron chi connectivity index (χ4n) is 4.53. The highest BCUT2D eigenvalue weighted by atomic mass is 16.5. The van der Waals surface area contributed by atoms with Crippen LogP contribution in [0.1, 0.15) is 35.4 Å². The monoisotopic (exact) mass is 402 g/mol. The molecular weight excluding hydrogens is 380 g/mol. The maximum atomic E-state index is 6.41. The molecule has 0 N–H and O–H groups in total. The molecule has 2 aliphatic rings. The molecule has 0 spiro atoms. The number of ether oxygens (including phenoxy) is 1. The van der Waals surface area contributed by atoms with Crippen LogP contribution in [0.4, 0.5) is 0 Å². The molecule has 0 aromatic heterocycles. The van der Waals surface area contributed by atoms with Crippen molar-refractivity contribution < 1.29 is 4.74 Å². The number of hydrogen-bond acceptors (Lipinski definition) is 3. The number of hydrogen-bond donors (Lipinski definition) is 0. The van der Waals surface area contributed by atoms with Crippen LogP contribution in [0.2, 0.25) is 0 Å². The molecule has 2 atom stereocenters. The zero-order chi connectivity index (χ0) is 20.6. The zero-order valence-electron chi connectivity index (χ0n) is 17.1. The third-order valence-electron chi connectivity index (χ3n) is 6.11. The van der Waals surface area contributed by atoms with Crippen molar-refractivity contribution in [3.8, 4) is 16.9 Å². The van der Waals surface area contributed by atoms with Crippen LogP contribution in [0.3, 0.4) is 0 Å². The lowest BCUT2D eigenvalue weighted by molar-refractivity contribution is -0.0190. The van der Waals surface area contributed by atoms with Gasteiger partial charge in [0.15, 0.2) is 0 Å². The minimum atomic E-state index is -0.220. The quantitative estimate of drug-likeness (QED) is 0.386. The molecule has 0 amide bonds. The highest BCUT2D eigenvalue weighted by Gasteiger charge is 2.40. The molecule has 4 aromatic carbocycles. The number of hydrazone groups is 1. The van der Waals surface area contributed by atoms with Crippen LogP contribution in [-0.2, 0) is 0 Å². The Balaban J connectivity index is 1.37. The summed E-state index contributed by atoms with van der Waals surface area (Å²) in [6.07, 6.45) is 0.649. The van der Waals surface area contributed by atoms with Gasteiger partial charge in [-0.2, -0.15) is 5.10 Å². The molecule has 2 aliphatic heterocycles. The third-order valence-corrected chi connectivity index (χ3v) is 6.11. The highest BCUT2D eigenvalue weighted by molar-refractivity contribution is 6.02. The fourth-order valence-corrected chi connectivity index (χ4v) is 4.53. The number of benzene rings is 4. The maximum absolute atomic E-state index is 6.41. The van der Waals surface area contributed by atoms with Crippen molar-refractivity contribution in [3.05, 3.63) is 126 Å². The second-order valence-electron chi connectivity index (χ2n) is 8.01. The van der Waals surface area contributed by atoms with Crippen LogP contribution >= 0.6 is 0 Å². The molecule has 0 saturated heterocycles. The van der Waals surface area contributed by atoms with Gasteiger partial charge in [0, 0.05) is 17.5 Å². The van der Waals surface area contributed by atoms with Gasteiger partial charge in [-0.05, 0) is 22.8 Å². The van der Waals surface area contributed by atoms with Gasteiger partial charge in [-0.3, -0.25) is 0 Å². The smallest absolute Gasteiger partial charge is 0.213 e. The summed E-state index contributed by atoms with van der Waals surface area (Å²) in [5.74, 6) is 0.952. The van der Waals surface area contributed by atoms with Crippen LogP contribution in [0.5, 0.6) is 5.75 Å². The molecular formula is C28H22N2O. The third kappa shape index (κ3) is 3.19. The van der Waals surface area contributed by atoms with Gasteiger partial charge in [-0.1, -0.05) is 103 Å². The van der Waals surface area contributed by atoms with Gasteiger partial charge in [0.05, 0.1) is 11.8 Å². The zero-order valence-corrected chi connectivity index (χ0v) is 17.1. The van der Waals surface area contributed by atoms with E-state index >= 15 is 0 Å². The summed E-state index contributed by atoms with van der Waals surface area (Å²) in [5.41, 5.74) is 7.03. The summed E-state index contributed by atoms with van der Waals surface area (Å²) < 4.78 is 6.41. The molecule has 150 valence electrons. The number of para-hydroxylation sites is 1. The van der Waals surface area contributed by atoms with Crippen LogP contribution in [0.25, 0.3) is 11.1 Å². The Kier molecular flexibility index (Phi) is 4.31. The minimum absolute atomic E-state index is 0.180. The summed E-state index contributed by atoms with van der Waals surface area (Å²) in [6, 6.07) is 38.1. The van der Waals surface area contributed by atoms with E-state index in [9.17, 15) is 0 Å². The van der Waals surface area contributed by atoms with Gasteiger partial charge in [0.2, 0.25) is 6.23 Å². The van der Waals surface area contributed by atoms with E-state index in [-0.39, 0.29) is 12.3 Å². The average molecular weight is 402 g/mol. The van der Waals surface area contributed by atoms with E-state index < -0.39 is 0 Å². The van der Waals surface area contributed by atoms with E-state index in [1.807, 2.05) is 18.2 Å². The Morgan fingerprint density at radius 1 is 0.645 bits per heavy atom. The molecule has 0 bridgehead atoms. The maximum Gasteiger partial charge on any atom is 0.213 e. The number of rotatable bonds is 3. The molecule has 3 nitrogen and oxygen atoms in total. The van der Waals surface area contributed by atoms with Gasteiger partial charge < -0.3 is 4.74 Å². The van der Waals surface area contributed by atoms with Crippen molar-refractivity contribution in [2.75, 3.05) is 0 Å². The Bertz CT molecular complexity index is 1230. The number of nitrogens with zero attached hydrogens (tertiary/aromatic N) is 2. The predicted molar refractivity (Wildman–Crippen MR) is 124 cm³/mol. The van der Waals surface area contributed by atoms with Gasteiger partial charge in [0.25, 0.3) is 0 Å². The topological polar surface area (TPSA) is 24.8 Å². The summed E-state index contributed by atoms with van der Waals surface area (Å²) in [6.45, 7) is 0. The van der Waals surface area contributed by atoms with E-state index in [2.05, 4.69) is 96.0 Å². The lowest BCUT2D eigenvalue weighted by Crippen LogP contribution is -2.33. The first-order chi connectivity index (χ1) is 15.4. The summed E-state index contributed by atoms with van der Waals surface area (Å²) >= 11 is 0. The molecule has 2 heterocycles. The van der Waals surface area contributed by atoms with Gasteiger partial charge in [-0.25, -0.2) is 5.01 Å². The molecule has 0 saturated carbocycles. The molecule has 6 rings (SSSR count). The first-order valence-corrected chi connectivity index (χ1v) is 10.7. The molecule has 3 heteroatoms. The fraction of sp³-hybridized carbons (Fsp3) is 0.107. The van der Waals surface area contributed by atoms with Crippen molar-refractivity contribution in [2.45, 2.75) is 18.7 Å². The largest absolute Gasteiger partial charge is 0.464 e. The van der Waals surface area contributed by atoms with Gasteiger partial charge in [0.1, 0.15) is 5.75 Å². The van der Waals surface area contributed by atoms with E-state index in [0.29, 0.717) is 0 Å².